The van der Waals surface area contributed by atoms with E-state index >= 15 is 0 Å². The van der Waals surface area contributed by atoms with Gasteiger partial charge in [-0.15, -0.1) is 11.7 Å². The average molecular weight is 491 g/mol. The zero-order valence-electron chi connectivity index (χ0n) is 23.0. The Morgan fingerprint density at radius 1 is 1.17 bits per heavy atom. The molecule has 0 fully saturated rings. The fourth-order valence-electron chi connectivity index (χ4n) is 2.47. The highest BCUT2D eigenvalue weighted by Gasteiger charge is 2.33. The largest absolute Gasteiger partial charge is 0.478 e. The minimum absolute atomic E-state index is 0.371. The average Bonchev–Trinajstić information content (AvgIpc) is 3.25. The molecule has 0 radical (unpaired) electrons. The topological polar surface area (TPSA) is 94.6 Å². The third kappa shape index (κ3) is 13.4. The SMILES string of the molecule is C/C=C/Cn1nc(CCCc2ccc(OC(C)(CC)C(=O)O)cc2)oc1=O.C=CCC.CC.CC. The van der Waals surface area contributed by atoms with Crippen molar-refractivity contribution < 1.29 is 19.1 Å². The second-order valence-corrected chi connectivity index (χ2v) is 7.20. The molecule has 1 atom stereocenters. The fraction of sp³-hybridized carbons (Fsp3) is 0.536. The molecule has 1 N–H and O–H groups in total. The fourth-order valence-corrected chi connectivity index (χ4v) is 2.47. The lowest BCUT2D eigenvalue weighted by Gasteiger charge is -2.24. The Hall–Kier alpha value is -3.09. The van der Waals surface area contributed by atoms with E-state index in [0.717, 1.165) is 24.8 Å². The summed E-state index contributed by atoms with van der Waals surface area (Å²) in [5.41, 5.74) is -0.142. The van der Waals surface area contributed by atoms with Gasteiger partial charge in [0, 0.05) is 6.42 Å². The third-order valence-corrected chi connectivity index (χ3v) is 4.70. The van der Waals surface area contributed by atoms with Crippen molar-refractivity contribution in [2.24, 2.45) is 0 Å². The number of aromatic nitrogens is 2. The molecular formula is C28H46N2O5. The quantitative estimate of drug-likeness (QED) is 0.346. The minimum atomic E-state index is -1.23. The lowest BCUT2D eigenvalue weighted by atomic mass is 10.0. The number of rotatable bonds is 11. The molecule has 0 aliphatic carbocycles. The number of carbonyl (C=O) groups is 1. The van der Waals surface area contributed by atoms with Crippen LogP contribution in [0.25, 0.3) is 0 Å². The van der Waals surface area contributed by atoms with Crippen LogP contribution in [0.1, 0.15) is 86.1 Å². The highest BCUT2D eigenvalue weighted by Crippen LogP contribution is 2.22. The molecule has 1 aromatic carbocycles. The normalized spacial score (nSPS) is 11.5. The Morgan fingerprint density at radius 3 is 2.20 bits per heavy atom. The van der Waals surface area contributed by atoms with Crippen LogP contribution in [0.4, 0.5) is 0 Å². The molecule has 0 bridgehead atoms. The summed E-state index contributed by atoms with van der Waals surface area (Å²) in [6.07, 6.45) is 9.17. The van der Waals surface area contributed by atoms with Crippen LogP contribution in [-0.2, 0) is 24.2 Å². The van der Waals surface area contributed by atoms with Crippen molar-refractivity contribution in [1.82, 2.24) is 9.78 Å². The zero-order valence-corrected chi connectivity index (χ0v) is 23.0. The second-order valence-electron chi connectivity index (χ2n) is 7.20. The van der Waals surface area contributed by atoms with Gasteiger partial charge in [0.1, 0.15) is 5.75 Å². The summed E-state index contributed by atoms with van der Waals surface area (Å²) >= 11 is 0. The summed E-state index contributed by atoms with van der Waals surface area (Å²) in [6.45, 7) is 19.2. The van der Waals surface area contributed by atoms with E-state index < -0.39 is 17.3 Å². The first-order valence-electron chi connectivity index (χ1n) is 12.6. The van der Waals surface area contributed by atoms with Crippen molar-refractivity contribution in [3.8, 4) is 5.75 Å². The Labute approximate surface area is 211 Å². The number of carboxylic acids is 1. The van der Waals surface area contributed by atoms with Crippen LogP contribution in [0.2, 0.25) is 0 Å². The summed E-state index contributed by atoms with van der Waals surface area (Å²) in [6, 6.07) is 7.37. The molecule has 7 heteroatoms. The van der Waals surface area contributed by atoms with Gasteiger partial charge in [0.05, 0.1) is 6.54 Å². The van der Waals surface area contributed by atoms with Crippen molar-refractivity contribution >= 4 is 5.97 Å². The zero-order chi connectivity index (χ0) is 27.3. The lowest BCUT2D eigenvalue weighted by Crippen LogP contribution is -2.40. The van der Waals surface area contributed by atoms with E-state index in [2.05, 4.69) is 18.6 Å². The van der Waals surface area contributed by atoms with Gasteiger partial charge in [-0.3, -0.25) is 0 Å². The number of benzene rings is 1. The molecule has 0 spiro atoms. The summed E-state index contributed by atoms with van der Waals surface area (Å²) in [4.78, 5) is 23.0. The number of allylic oxidation sites excluding steroid dienone is 3. The maximum Gasteiger partial charge on any atom is 0.437 e. The van der Waals surface area contributed by atoms with Crippen LogP contribution in [0.3, 0.4) is 0 Å². The summed E-state index contributed by atoms with van der Waals surface area (Å²) in [5, 5.41) is 13.4. The van der Waals surface area contributed by atoms with Crippen LogP contribution in [0.5, 0.6) is 5.75 Å². The van der Waals surface area contributed by atoms with Crippen molar-refractivity contribution in [3.63, 3.8) is 0 Å². The predicted molar refractivity (Wildman–Crippen MR) is 144 cm³/mol. The van der Waals surface area contributed by atoms with Gasteiger partial charge in [-0.25, -0.2) is 9.59 Å². The molecule has 198 valence electrons. The molecule has 2 rings (SSSR count). The van der Waals surface area contributed by atoms with Crippen molar-refractivity contribution in [2.75, 3.05) is 0 Å². The first kappa shape index (κ1) is 34.1. The first-order valence-corrected chi connectivity index (χ1v) is 12.6. The molecular weight excluding hydrogens is 444 g/mol. The van der Waals surface area contributed by atoms with Gasteiger partial charge in [0.25, 0.3) is 0 Å². The highest BCUT2D eigenvalue weighted by molar-refractivity contribution is 5.77. The lowest BCUT2D eigenvalue weighted by molar-refractivity contribution is -0.154. The molecule has 2 aromatic rings. The molecule has 7 nitrogen and oxygen atoms in total. The van der Waals surface area contributed by atoms with E-state index in [1.807, 2.05) is 65.0 Å². The first-order chi connectivity index (χ1) is 16.8. The van der Waals surface area contributed by atoms with Gasteiger partial charge in [0.2, 0.25) is 11.5 Å². The molecule has 0 saturated heterocycles. The van der Waals surface area contributed by atoms with Gasteiger partial charge in [-0.05, 0) is 57.2 Å². The van der Waals surface area contributed by atoms with Crippen molar-refractivity contribution in [2.45, 2.75) is 99.6 Å². The number of carboxylic acid groups (broad SMARTS) is 1. The monoisotopic (exact) mass is 490 g/mol. The maximum absolute atomic E-state index is 11.6. The molecule has 1 unspecified atom stereocenters. The van der Waals surface area contributed by atoms with Crippen LogP contribution in [0.15, 0.2) is 58.3 Å². The van der Waals surface area contributed by atoms with Crippen LogP contribution >= 0.6 is 0 Å². The number of hydrogen-bond acceptors (Lipinski definition) is 5. The molecule has 0 amide bonds. The molecule has 1 aromatic heterocycles. The van der Waals surface area contributed by atoms with Gasteiger partial charge < -0.3 is 14.3 Å². The second kappa shape index (κ2) is 20.3. The van der Waals surface area contributed by atoms with Gasteiger partial charge in [0.15, 0.2) is 0 Å². The van der Waals surface area contributed by atoms with Crippen molar-refractivity contribution in [3.05, 3.63) is 71.1 Å². The Bertz CT molecular complexity index is 897. The van der Waals surface area contributed by atoms with E-state index in [-0.39, 0.29) is 0 Å². The molecule has 0 saturated carbocycles. The summed E-state index contributed by atoms with van der Waals surface area (Å²) < 4.78 is 12.1. The smallest absolute Gasteiger partial charge is 0.437 e. The van der Waals surface area contributed by atoms with Gasteiger partial charge >= 0.3 is 11.7 Å². The van der Waals surface area contributed by atoms with E-state index in [1.165, 1.54) is 4.68 Å². The van der Waals surface area contributed by atoms with Crippen molar-refractivity contribution in [1.29, 1.82) is 0 Å². The number of aryl methyl sites for hydroxylation is 2. The Kier molecular flexibility index (Phi) is 19.8. The number of nitrogens with zero attached hydrogens (tertiary/aromatic N) is 2. The molecule has 0 aliphatic heterocycles. The summed E-state index contributed by atoms with van der Waals surface area (Å²) in [7, 11) is 0. The number of aliphatic carboxylic acids is 1. The predicted octanol–water partition coefficient (Wildman–Crippen LogP) is 6.85. The molecule has 0 aliphatic rings. The summed E-state index contributed by atoms with van der Waals surface area (Å²) in [5.74, 6) is -0.463. The Morgan fingerprint density at radius 2 is 1.74 bits per heavy atom. The maximum atomic E-state index is 11.6. The number of hydrogen-bond donors (Lipinski definition) is 1. The van der Waals surface area contributed by atoms with Crippen LogP contribution < -0.4 is 10.5 Å². The Balaban J connectivity index is 0. The van der Waals surface area contributed by atoms with E-state index in [4.69, 9.17) is 9.15 Å². The number of ether oxygens (including phenoxy) is 1. The molecule has 35 heavy (non-hydrogen) atoms. The van der Waals surface area contributed by atoms with Crippen LogP contribution in [0, 0.1) is 0 Å². The van der Waals surface area contributed by atoms with E-state index in [1.54, 1.807) is 26.0 Å². The molecule has 1 heterocycles. The van der Waals surface area contributed by atoms with Gasteiger partial charge in [-0.1, -0.05) is 71.9 Å². The standard InChI is InChI=1S/C20H26N2O5.C4H8.2C2H6/c1-4-6-14-22-19(25)26-17(21-22)9-7-8-15-10-12-16(13-11-15)27-20(3,5-2)18(23)24;1-3-4-2;2*1-2/h4,6,10-13H,5,7-9,14H2,1-3H3,(H,23,24);3H,1,4H2,2H3;2*1-2H3/b6-4+;;;. The van der Waals surface area contributed by atoms with E-state index in [0.29, 0.717) is 31.0 Å². The third-order valence-electron chi connectivity index (χ3n) is 4.70. The minimum Gasteiger partial charge on any atom is -0.478 e. The van der Waals surface area contributed by atoms with Gasteiger partial charge in [-0.2, -0.15) is 4.68 Å². The highest BCUT2D eigenvalue weighted by atomic mass is 16.5. The van der Waals surface area contributed by atoms with E-state index in [9.17, 15) is 14.7 Å². The van der Waals surface area contributed by atoms with Crippen LogP contribution in [-0.4, -0.2) is 26.5 Å².